The Morgan fingerprint density at radius 1 is 1.39 bits per heavy atom. The van der Waals surface area contributed by atoms with Crippen LogP contribution in [-0.4, -0.2) is 61.6 Å². The Kier molecular flexibility index (Phi) is 6.50. The number of halogens is 1. The Morgan fingerprint density at radius 2 is 2.09 bits per heavy atom. The van der Waals surface area contributed by atoms with Gasteiger partial charge in [-0.1, -0.05) is 19.1 Å². The molecule has 5 nitrogen and oxygen atoms in total. The van der Waals surface area contributed by atoms with Gasteiger partial charge in [0.15, 0.2) is 0 Å². The molecule has 1 aromatic carbocycles. The van der Waals surface area contributed by atoms with E-state index in [4.69, 9.17) is 10.5 Å². The predicted octanol–water partition coefficient (Wildman–Crippen LogP) is 1.39. The van der Waals surface area contributed by atoms with Crippen molar-refractivity contribution < 1.29 is 13.9 Å². The molecule has 0 bridgehead atoms. The second kappa shape index (κ2) is 8.38. The molecule has 2 rings (SSSR count). The van der Waals surface area contributed by atoms with E-state index in [1.54, 1.807) is 19.2 Å². The van der Waals surface area contributed by atoms with Crippen LogP contribution in [0.4, 0.5) is 4.39 Å². The van der Waals surface area contributed by atoms with Crippen LogP contribution < -0.4 is 5.73 Å². The minimum Gasteiger partial charge on any atom is -0.383 e. The molecule has 0 aliphatic carbocycles. The molecule has 1 aliphatic heterocycles. The first-order valence-corrected chi connectivity index (χ1v) is 8.08. The third-order valence-corrected chi connectivity index (χ3v) is 4.51. The van der Waals surface area contributed by atoms with Crippen LogP contribution in [0.5, 0.6) is 0 Å². The molecule has 0 saturated carbocycles. The molecule has 2 atom stereocenters. The SMILES string of the molecule is CCC1CN(C(C(N)=O)c2ccc(F)cc2)CCN1CCOC. The van der Waals surface area contributed by atoms with Gasteiger partial charge in [-0.15, -0.1) is 0 Å². The molecule has 1 saturated heterocycles. The van der Waals surface area contributed by atoms with Crippen molar-refractivity contribution in [3.8, 4) is 0 Å². The van der Waals surface area contributed by atoms with E-state index in [2.05, 4.69) is 16.7 Å². The molecule has 1 heterocycles. The number of methoxy groups -OCH3 is 1. The molecule has 6 heteroatoms. The van der Waals surface area contributed by atoms with E-state index < -0.39 is 11.9 Å². The maximum Gasteiger partial charge on any atom is 0.239 e. The fourth-order valence-electron chi connectivity index (χ4n) is 3.24. The average molecular weight is 323 g/mol. The third-order valence-electron chi connectivity index (χ3n) is 4.51. The molecular formula is C17H26FN3O2. The molecule has 1 aromatic rings. The van der Waals surface area contributed by atoms with E-state index in [9.17, 15) is 9.18 Å². The lowest BCUT2D eigenvalue weighted by Crippen LogP contribution is -2.55. The number of ether oxygens (including phenoxy) is 1. The molecule has 0 aromatic heterocycles. The van der Waals surface area contributed by atoms with Gasteiger partial charge in [0.25, 0.3) is 0 Å². The van der Waals surface area contributed by atoms with Gasteiger partial charge in [0.05, 0.1) is 6.61 Å². The van der Waals surface area contributed by atoms with Gasteiger partial charge < -0.3 is 10.5 Å². The smallest absolute Gasteiger partial charge is 0.239 e. The number of piperazine rings is 1. The fourth-order valence-corrected chi connectivity index (χ4v) is 3.24. The highest BCUT2D eigenvalue weighted by molar-refractivity contribution is 5.81. The van der Waals surface area contributed by atoms with Crippen LogP contribution in [-0.2, 0) is 9.53 Å². The molecule has 23 heavy (non-hydrogen) atoms. The van der Waals surface area contributed by atoms with Gasteiger partial charge >= 0.3 is 0 Å². The standard InChI is InChI=1S/C17H26FN3O2/c1-3-15-12-21(9-8-20(15)10-11-23-2)16(17(19)22)13-4-6-14(18)7-5-13/h4-7,15-16H,3,8-12H2,1-2H3,(H2,19,22). The quantitative estimate of drug-likeness (QED) is 0.824. The van der Waals surface area contributed by atoms with Crippen LogP contribution in [0.15, 0.2) is 24.3 Å². The van der Waals surface area contributed by atoms with E-state index in [1.165, 1.54) is 12.1 Å². The van der Waals surface area contributed by atoms with Crippen LogP contribution >= 0.6 is 0 Å². The van der Waals surface area contributed by atoms with Crippen molar-refractivity contribution in [2.45, 2.75) is 25.4 Å². The highest BCUT2D eigenvalue weighted by Gasteiger charge is 2.33. The fraction of sp³-hybridized carbons (Fsp3) is 0.588. The molecule has 2 unspecified atom stereocenters. The van der Waals surface area contributed by atoms with E-state index in [1.807, 2.05) is 0 Å². The van der Waals surface area contributed by atoms with E-state index in [0.29, 0.717) is 12.6 Å². The topological polar surface area (TPSA) is 58.8 Å². The van der Waals surface area contributed by atoms with Crippen molar-refractivity contribution in [2.75, 3.05) is 39.9 Å². The first kappa shape index (κ1) is 17.8. The lowest BCUT2D eigenvalue weighted by molar-refractivity contribution is -0.125. The van der Waals surface area contributed by atoms with Gasteiger partial charge in [0.2, 0.25) is 5.91 Å². The number of nitrogens with zero attached hydrogens (tertiary/aromatic N) is 2. The van der Waals surface area contributed by atoms with Crippen LogP contribution in [0.1, 0.15) is 24.9 Å². The maximum atomic E-state index is 13.1. The second-order valence-electron chi connectivity index (χ2n) is 5.94. The molecule has 0 radical (unpaired) electrons. The summed E-state index contributed by atoms with van der Waals surface area (Å²) in [6, 6.07) is 5.89. The molecule has 0 spiro atoms. The Morgan fingerprint density at radius 3 is 2.65 bits per heavy atom. The molecule has 128 valence electrons. The summed E-state index contributed by atoms with van der Waals surface area (Å²) >= 11 is 0. The first-order valence-electron chi connectivity index (χ1n) is 8.08. The van der Waals surface area contributed by atoms with Crippen LogP contribution in [0.25, 0.3) is 0 Å². The minimum absolute atomic E-state index is 0.312. The number of rotatable bonds is 7. The number of hydrogen-bond donors (Lipinski definition) is 1. The van der Waals surface area contributed by atoms with Crippen molar-refractivity contribution in [1.82, 2.24) is 9.80 Å². The summed E-state index contributed by atoms with van der Waals surface area (Å²) < 4.78 is 18.3. The molecule has 2 N–H and O–H groups in total. The number of carbonyl (C=O) groups excluding carboxylic acids is 1. The van der Waals surface area contributed by atoms with E-state index >= 15 is 0 Å². The summed E-state index contributed by atoms with van der Waals surface area (Å²) in [6.45, 7) is 6.13. The third kappa shape index (κ3) is 4.50. The summed E-state index contributed by atoms with van der Waals surface area (Å²) in [4.78, 5) is 16.5. The van der Waals surface area contributed by atoms with Crippen LogP contribution in [0.3, 0.4) is 0 Å². The summed E-state index contributed by atoms with van der Waals surface area (Å²) in [5.41, 5.74) is 6.38. The van der Waals surface area contributed by atoms with Crippen molar-refractivity contribution in [3.63, 3.8) is 0 Å². The highest BCUT2D eigenvalue weighted by atomic mass is 19.1. The number of carbonyl (C=O) groups is 1. The Labute approximate surface area is 137 Å². The Hall–Kier alpha value is -1.50. The van der Waals surface area contributed by atoms with Gasteiger partial charge in [0, 0.05) is 39.3 Å². The average Bonchev–Trinajstić information content (AvgIpc) is 2.55. The summed E-state index contributed by atoms with van der Waals surface area (Å²) in [7, 11) is 1.70. The Balaban J connectivity index is 2.12. The van der Waals surface area contributed by atoms with Crippen molar-refractivity contribution in [2.24, 2.45) is 5.73 Å². The largest absolute Gasteiger partial charge is 0.383 e. The number of hydrogen-bond acceptors (Lipinski definition) is 4. The number of amides is 1. The lowest BCUT2D eigenvalue weighted by Gasteiger charge is -2.43. The van der Waals surface area contributed by atoms with Crippen LogP contribution in [0.2, 0.25) is 0 Å². The molecular weight excluding hydrogens is 297 g/mol. The number of primary amides is 1. The van der Waals surface area contributed by atoms with E-state index in [-0.39, 0.29) is 5.82 Å². The van der Waals surface area contributed by atoms with Crippen LogP contribution in [0, 0.1) is 5.82 Å². The number of benzene rings is 1. The molecule has 1 amide bonds. The summed E-state index contributed by atoms with van der Waals surface area (Å²) in [5.74, 6) is -0.704. The Bertz CT molecular complexity index is 509. The zero-order valence-corrected chi connectivity index (χ0v) is 13.9. The number of nitrogens with two attached hydrogens (primary N) is 1. The van der Waals surface area contributed by atoms with Gasteiger partial charge in [-0.3, -0.25) is 14.6 Å². The second-order valence-corrected chi connectivity index (χ2v) is 5.94. The van der Waals surface area contributed by atoms with Gasteiger partial charge in [-0.25, -0.2) is 4.39 Å². The van der Waals surface area contributed by atoms with Gasteiger partial charge in [-0.2, -0.15) is 0 Å². The zero-order valence-electron chi connectivity index (χ0n) is 13.9. The molecule has 1 aliphatic rings. The van der Waals surface area contributed by atoms with Crippen molar-refractivity contribution in [1.29, 1.82) is 0 Å². The monoisotopic (exact) mass is 323 g/mol. The molecule has 1 fully saturated rings. The van der Waals surface area contributed by atoms with E-state index in [0.717, 1.165) is 38.2 Å². The predicted molar refractivity (Wildman–Crippen MR) is 87.4 cm³/mol. The highest BCUT2D eigenvalue weighted by Crippen LogP contribution is 2.25. The normalized spacial score (nSPS) is 21.3. The minimum atomic E-state index is -0.505. The van der Waals surface area contributed by atoms with Crippen molar-refractivity contribution in [3.05, 3.63) is 35.6 Å². The maximum absolute atomic E-state index is 13.1. The van der Waals surface area contributed by atoms with Gasteiger partial charge in [0.1, 0.15) is 11.9 Å². The summed E-state index contributed by atoms with van der Waals surface area (Å²) in [6.07, 6.45) is 0.995. The van der Waals surface area contributed by atoms with Crippen molar-refractivity contribution >= 4 is 5.91 Å². The lowest BCUT2D eigenvalue weighted by atomic mass is 10.0. The van der Waals surface area contributed by atoms with Gasteiger partial charge in [-0.05, 0) is 24.1 Å². The first-order chi connectivity index (χ1) is 11.1. The zero-order chi connectivity index (χ0) is 16.8. The summed E-state index contributed by atoms with van der Waals surface area (Å²) in [5, 5.41) is 0.